The van der Waals surface area contributed by atoms with Gasteiger partial charge in [0.05, 0.1) is 5.69 Å². The lowest BCUT2D eigenvalue weighted by molar-refractivity contribution is -0.126. The number of hydrogen-bond donors (Lipinski definition) is 3. The molecule has 3 amide bonds. The van der Waals surface area contributed by atoms with Crippen molar-refractivity contribution in [2.24, 2.45) is 5.41 Å². The molecule has 0 radical (unpaired) electrons. The van der Waals surface area contributed by atoms with Crippen molar-refractivity contribution in [1.82, 2.24) is 10.6 Å². The summed E-state index contributed by atoms with van der Waals surface area (Å²) in [5.74, 6) is -0.201. The Balaban J connectivity index is 2.51. The number of anilines is 1. The Kier molecular flexibility index (Phi) is 5.16. The fourth-order valence-corrected chi connectivity index (χ4v) is 1.99. The zero-order valence-corrected chi connectivity index (χ0v) is 13.5. The van der Waals surface area contributed by atoms with Crippen molar-refractivity contribution in [3.8, 4) is 0 Å². The van der Waals surface area contributed by atoms with E-state index in [0.717, 1.165) is 5.69 Å². The number of carbonyl (C=O) groups is 2. The van der Waals surface area contributed by atoms with Gasteiger partial charge in [-0.1, -0.05) is 20.8 Å². The Hall–Kier alpha value is -1.56. The van der Waals surface area contributed by atoms with E-state index in [1.54, 1.807) is 19.9 Å². The number of amides is 3. The van der Waals surface area contributed by atoms with Crippen molar-refractivity contribution < 1.29 is 9.59 Å². The summed E-state index contributed by atoms with van der Waals surface area (Å²) in [7, 11) is 0. The van der Waals surface area contributed by atoms with Gasteiger partial charge in [0.1, 0.15) is 5.54 Å². The van der Waals surface area contributed by atoms with Crippen LogP contribution in [-0.4, -0.2) is 24.0 Å². The molecule has 0 bridgehead atoms. The largest absolute Gasteiger partial charge is 0.354 e. The van der Waals surface area contributed by atoms with E-state index >= 15 is 0 Å². The Morgan fingerprint density at radius 1 is 1.20 bits per heavy atom. The second-order valence-electron chi connectivity index (χ2n) is 6.46. The Morgan fingerprint density at radius 2 is 1.85 bits per heavy atom. The molecule has 5 nitrogen and oxygen atoms in total. The maximum Gasteiger partial charge on any atom is 0.320 e. The third kappa shape index (κ3) is 5.61. The Labute approximate surface area is 124 Å². The fourth-order valence-electron chi connectivity index (χ4n) is 1.40. The standard InChI is InChI=1S/C14H23N3O2S/c1-13(2,3)9-15-11(18)14(4,5)17-12(19)16-10-6-7-20-8-10/h6-8H,9H2,1-5H3,(H,15,18)(H2,16,17,19). The lowest BCUT2D eigenvalue weighted by Crippen LogP contribution is -2.56. The minimum atomic E-state index is -0.967. The van der Waals surface area contributed by atoms with Crippen LogP contribution in [0.4, 0.5) is 10.5 Å². The highest BCUT2D eigenvalue weighted by Crippen LogP contribution is 2.13. The molecule has 0 saturated heterocycles. The number of hydrogen-bond acceptors (Lipinski definition) is 3. The highest BCUT2D eigenvalue weighted by molar-refractivity contribution is 7.08. The minimum Gasteiger partial charge on any atom is -0.354 e. The van der Waals surface area contributed by atoms with Crippen LogP contribution in [-0.2, 0) is 4.79 Å². The van der Waals surface area contributed by atoms with Gasteiger partial charge >= 0.3 is 6.03 Å². The van der Waals surface area contributed by atoms with Gasteiger partial charge in [-0.25, -0.2) is 4.79 Å². The van der Waals surface area contributed by atoms with Crippen molar-refractivity contribution in [2.75, 3.05) is 11.9 Å². The first-order valence-electron chi connectivity index (χ1n) is 6.50. The van der Waals surface area contributed by atoms with Crippen LogP contribution in [0.5, 0.6) is 0 Å². The summed E-state index contributed by atoms with van der Waals surface area (Å²) in [5.41, 5.74) is -0.242. The molecule has 1 aromatic heterocycles. The summed E-state index contributed by atoms with van der Waals surface area (Å²) in [5, 5.41) is 11.9. The molecule has 112 valence electrons. The molecule has 0 aliphatic carbocycles. The van der Waals surface area contributed by atoms with E-state index in [1.807, 2.05) is 31.5 Å². The predicted octanol–water partition coefficient (Wildman–Crippen LogP) is 2.81. The van der Waals surface area contributed by atoms with Crippen LogP contribution in [0.25, 0.3) is 0 Å². The van der Waals surface area contributed by atoms with Gasteiger partial charge in [-0.3, -0.25) is 4.79 Å². The quantitative estimate of drug-likeness (QED) is 0.800. The van der Waals surface area contributed by atoms with E-state index in [0.29, 0.717) is 6.54 Å². The second kappa shape index (κ2) is 6.26. The maximum absolute atomic E-state index is 12.1. The third-order valence-electron chi connectivity index (χ3n) is 2.55. The number of rotatable bonds is 4. The van der Waals surface area contributed by atoms with Crippen LogP contribution in [0.3, 0.4) is 0 Å². The van der Waals surface area contributed by atoms with Crippen LogP contribution in [0.2, 0.25) is 0 Å². The molecule has 0 aliphatic rings. The van der Waals surface area contributed by atoms with Gasteiger partial charge in [-0.15, -0.1) is 0 Å². The normalized spacial score (nSPS) is 11.8. The van der Waals surface area contributed by atoms with Crippen LogP contribution in [0, 0.1) is 5.41 Å². The smallest absolute Gasteiger partial charge is 0.320 e. The minimum absolute atomic E-state index is 0.00464. The van der Waals surface area contributed by atoms with Crippen molar-refractivity contribution in [2.45, 2.75) is 40.2 Å². The molecule has 0 fully saturated rings. The van der Waals surface area contributed by atoms with Gasteiger partial charge in [0.15, 0.2) is 0 Å². The lowest BCUT2D eigenvalue weighted by Gasteiger charge is -2.27. The zero-order valence-electron chi connectivity index (χ0n) is 12.7. The van der Waals surface area contributed by atoms with Crippen LogP contribution < -0.4 is 16.0 Å². The summed E-state index contributed by atoms with van der Waals surface area (Å²) < 4.78 is 0. The molecule has 0 aliphatic heterocycles. The monoisotopic (exact) mass is 297 g/mol. The molecule has 1 rings (SSSR count). The first kappa shape index (κ1) is 16.5. The molecule has 3 N–H and O–H groups in total. The van der Waals surface area contributed by atoms with E-state index in [2.05, 4.69) is 16.0 Å². The Bertz CT molecular complexity index is 461. The summed E-state index contributed by atoms with van der Waals surface area (Å²) in [6.45, 7) is 10.0. The summed E-state index contributed by atoms with van der Waals surface area (Å²) in [6.07, 6.45) is 0. The van der Waals surface area contributed by atoms with Crippen LogP contribution >= 0.6 is 11.3 Å². The van der Waals surface area contributed by atoms with Crippen molar-refractivity contribution in [1.29, 1.82) is 0 Å². The highest BCUT2D eigenvalue weighted by atomic mass is 32.1. The predicted molar refractivity (Wildman–Crippen MR) is 83.0 cm³/mol. The van der Waals surface area contributed by atoms with Crippen molar-refractivity contribution in [3.63, 3.8) is 0 Å². The topological polar surface area (TPSA) is 70.2 Å². The van der Waals surface area contributed by atoms with Gasteiger partial charge in [-0.05, 0) is 30.7 Å². The molecule has 0 aromatic carbocycles. The summed E-state index contributed by atoms with van der Waals surface area (Å²) in [6, 6.07) is 1.41. The molecule has 0 saturated carbocycles. The number of nitrogens with one attached hydrogen (secondary N) is 3. The lowest BCUT2D eigenvalue weighted by atomic mass is 9.96. The molecule has 0 atom stereocenters. The van der Waals surface area contributed by atoms with E-state index in [9.17, 15) is 9.59 Å². The molecule has 6 heteroatoms. The molecule has 0 unspecified atom stereocenters. The zero-order chi connectivity index (χ0) is 15.4. The highest BCUT2D eigenvalue weighted by Gasteiger charge is 2.30. The van der Waals surface area contributed by atoms with Gasteiger partial charge in [0, 0.05) is 11.9 Å². The molecule has 0 spiro atoms. The van der Waals surface area contributed by atoms with E-state index < -0.39 is 5.54 Å². The van der Waals surface area contributed by atoms with Gasteiger partial charge in [0.25, 0.3) is 0 Å². The number of urea groups is 1. The average molecular weight is 297 g/mol. The van der Waals surface area contributed by atoms with Gasteiger partial charge in [-0.2, -0.15) is 11.3 Å². The van der Waals surface area contributed by atoms with E-state index in [4.69, 9.17) is 0 Å². The van der Waals surface area contributed by atoms with Gasteiger partial charge < -0.3 is 16.0 Å². The molecular formula is C14H23N3O2S. The van der Waals surface area contributed by atoms with E-state index in [1.165, 1.54) is 11.3 Å². The fraction of sp³-hybridized carbons (Fsp3) is 0.571. The van der Waals surface area contributed by atoms with Crippen molar-refractivity contribution in [3.05, 3.63) is 16.8 Å². The molecule has 20 heavy (non-hydrogen) atoms. The average Bonchev–Trinajstić information content (AvgIpc) is 2.76. The summed E-state index contributed by atoms with van der Waals surface area (Å²) in [4.78, 5) is 23.9. The number of thiophene rings is 1. The summed E-state index contributed by atoms with van der Waals surface area (Å²) >= 11 is 1.49. The van der Waals surface area contributed by atoms with Gasteiger partial charge in [0.2, 0.25) is 5.91 Å². The Morgan fingerprint density at radius 3 is 2.35 bits per heavy atom. The molecule has 1 heterocycles. The van der Waals surface area contributed by atoms with E-state index in [-0.39, 0.29) is 17.4 Å². The molecule has 1 aromatic rings. The van der Waals surface area contributed by atoms with Crippen LogP contribution in [0.15, 0.2) is 16.8 Å². The van der Waals surface area contributed by atoms with Crippen LogP contribution in [0.1, 0.15) is 34.6 Å². The SMILES string of the molecule is CC(C)(C)CNC(=O)C(C)(C)NC(=O)Nc1ccsc1. The van der Waals surface area contributed by atoms with Crippen molar-refractivity contribution >= 4 is 29.0 Å². The molecular weight excluding hydrogens is 274 g/mol. The second-order valence-corrected chi connectivity index (χ2v) is 7.24. The number of carbonyl (C=O) groups excluding carboxylic acids is 2. The first-order chi connectivity index (χ1) is 9.10. The maximum atomic E-state index is 12.1. The third-order valence-corrected chi connectivity index (χ3v) is 3.24. The first-order valence-corrected chi connectivity index (χ1v) is 7.44.